The van der Waals surface area contributed by atoms with E-state index in [0.717, 1.165) is 17.6 Å². The molecule has 0 aliphatic carbocycles. The maximum atomic E-state index is 11.8. The predicted molar refractivity (Wildman–Crippen MR) is 128 cm³/mol. The molecule has 12 heteroatoms. The lowest BCUT2D eigenvalue weighted by Gasteiger charge is -2.17. The minimum absolute atomic E-state index is 0.0604. The highest BCUT2D eigenvalue weighted by molar-refractivity contribution is 7.98. The lowest BCUT2D eigenvalue weighted by Crippen LogP contribution is -2.13. The summed E-state index contributed by atoms with van der Waals surface area (Å²) in [7, 11) is -1.16. The number of thioether (sulfide) groups is 1. The van der Waals surface area contributed by atoms with Crippen molar-refractivity contribution in [2.45, 2.75) is 20.1 Å². The van der Waals surface area contributed by atoms with Crippen molar-refractivity contribution in [3.8, 4) is 0 Å². The van der Waals surface area contributed by atoms with Crippen LogP contribution in [0.3, 0.4) is 0 Å². The third-order valence-corrected chi connectivity index (χ3v) is 5.76. The molecule has 0 spiro atoms. The van der Waals surface area contributed by atoms with Crippen LogP contribution in [0.1, 0.15) is 12.5 Å². The Labute approximate surface area is 191 Å². The molecule has 0 aliphatic heterocycles. The van der Waals surface area contributed by atoms with Crippen LogP contribution >= 0.6 is 20.1 Å². The topological polar surface area (TPSA) is 134 Å². The average Bonchev–Trinajstić information content (AvgIpc) is 3.19. The van der Waals surface area contributed by atoms with Gasteiger partial charge in [0, 0.05) is 12.3 Å². The molecule has 32 heavy (non-hydrogen) atoms. The Morgan fingerprint density at radius 1 is 1.25 bits per heavy atom. The molecule has 3 rings (SSSR count). The third-order valence-electron chi connectivity index (χ3n) is 3.91. The fourth-order valence-electron chi connectivity index (χ4n) is 2.49. The minimum atomic E-state index is -1.16. The van der Waals surface area contributed by atoms with Crippen LogP contribution in [0.4, 0.5) is 5.95 Å². The Bertz CT molecular complexity index is 1000. The van der Waals surface area contributed by atoms with Gasteiger partial charge < -0.3 is 28.9 Å². The summed E-state index contributed by atoms with van der Waals surface area (Å²) in [6.07, 6.45) is 4.70. The second-order valence-electron chi connectivity index (χ2n) is 6.25. The Kier molecular flexibility index (Phi) is 11.9. The van der Waals surface area contributed by atoms with Crippen molar-refractivity contribution < 1.29 is 18.6 Å². The first-order chi connectivity index (χ1) is 15.6. The predicted octanol–water partition coefficient (Wildman–Crippen LogP) is 2.79. The van der Waals surface area contributed by atoms with Gasteiger partial charge in [-0.1, -0.05) is 30.3 Å². The molecule has 0 saturated carbocycles. The molecule has 3 aromatic rings. The van der Waals surface area contributed by atoms with Crippen LogP contribution in [-0.2, 0) is 31.7 Å². The van der Waals surface area contributed by atoms with E-state index in [1.165, 1.54) is 6.92 Å². The van der Waals surface area contributed by atoms with E-state index in [4.69, 9.17) is 24.3 Å². The zero-order chi connectivity index (χ0) is 23.2. The number of nitrogens with one attached hydrogen (secondary N) is 1. The van der Waals surface area contributed by atoms with Gasteiger partial charge in [-0.15, -0.1) is 0 Å². The van der Waals surface area contributed by atoms with E-state index in [9.17, 15) is 4.79 Å². The number of aromatic amines is 1. The molecular formula is C20H28N5O5PS. The molecule has 0 amide bonds. The quantitative estimate of drug-likeness (QED) is 0.227. The number of H-pyrrole nitrogens is 1. The first-order valence-corrected chi connectivity index (χ1v) is 12.6. The van der Waals surface area contributed by atoms with Crippen LogP contribution in [0.5, 0.6) is 0 Å². The van der Waals surface area contributed by atoms with Crippen molar-refractivity contribution in [3.05, 3.63) is 52.6 Å². The Hall–Kier alpha value is -2.30. The van der Waals surface area contributed by atoms with Crippen molar-refractivity contribution in [2.24, 2.45) is 0 Å². The van der Waals surface area contributed by atoms with Crippen LogP contribution in [0, 0.1) is 0 Å². The molecule has 2 heterocycles. The average molecular weight is 482 g/mol. The summed E-state index contributed by atoms with van der Waals surface area (Å²) in [5.74, 6) is 0.959. The molecule has 1 unspecified atom stereocenters. The summed E-state index contributed by atoms with van der Waals surface area (Å²) in [4.78, 5) is 31.3. The number of carbonyl (C=O) groups is 1. The molecule has 0 bridgehead atoms. The Morgan fingerprint density at radius 2 is 2.00 bits per heavy atom. The number of hydrogen-bond donors (Lipinski definition) is 2. The number of rotatable bonds is 12. The van der Waals surface area contributed by atoms with Crippen molar-refractivity contribution >= 4 is 43.5 Å². The smallest absolute Gasteiger partial charge is 0.280 e. The first-order valence-electron chi connectivity index (χ1n) is 9.83. The second kappa shape index (κ2) is 14.7. The van der Waals surface area contributed by atoms with Gasteiger partial charge in [-0.2, -0.15) is 16.7 Å². The van der Waals surface area contributed by atoms with Gasteiger partial charge in [0.2, 0.25) is 5.95 Å². The van der Waals surface area contributed by atoms with Gasteiger partial charge in [-0.25, -0.2) is 4.98 Å². The lowest BCUT2D eigenvalue weighted by molar-refractivity contribution is -0.106. The van der Waals surface area contributed by atoms with Crippen LogP contribution in [-0.4, -0.2) is 57.4 Å². The van der Waals surface area contributed by atoms with Gasteiger partial charge in [0.15, 0.2) is 19.5 Å². The molecular weight excluding hydrogens is 453 g/mol. The summed E-state index contributed by atoms with van der Waals surface area (Å²) in [6.45, 7) is 3.43. The van der Waals surface area contributed by atoms with Crippen LogP contribution < -0.4 is 11.3 Å². The number of fused-ring (bicyclic) bond motifs is 1. The molecule has 0 aliphatic rings. The highest BCUT2D eigenvalue weighted by atomic mass is 32.2. The largest absolute Gasteiger partial charge is 0.370 e. The fraction of sp³-hybridized carbons (Fsp3) is 0.400. The van der Waals surface area contributed by atoms with Crippen LogP contribution in [0.15, 0.2) is 41.5 Å². The lowest BCUT2D eigenvalue weighted by atomic mass is 10.2. The van der Waals surface area contributed by atoms with Gasteiger partial charge in [-0.05, 0) is 18.7 Å². The van der Waals surface area contributed by atoms with Crippen LogP contribution in [0.2, 0.25) is 0 Å². The molecule has 0 fully saturated rings. The summed E-state index contributed by atoms with van der Waals surface area (Å²) in [5, 5.41) is 0. The molecule has 174 valence electrons. The molecule has 2 aromatic heterocycles. The Balaban J connectivity index is 0.00000114. The standard InChI is InChI=1S/C18H24N5O4PS.C2H4O/c1-29-10-9-26-28(27-11-14-5-3-2-4-6-14)13-25-8-7-23-12-20-15-16(23)21-18(19)22-17(15)24;1-2-3/h2-6,12H,7-11,13H2,1H3,(H3,19,21,22,24);2H,1H3. The number of imidazole rings is 1. The summed E-state index contributed by atoms with van der Waals surface area (Å²) in [5.41, 5.74) is 7.05. The molecule has 0 radical (unpaired) electrons. The van der Waals surface area contributed by atoms with Gasteiger partial charge in [0.1, 0.15) is 12.6 Å². The van der Waals surface area contributed by atoms with E-state index in [1.807, 2.05) is 36.6 Å². The number of carbonyl (C=O) groups excluding carboxylic acids is 1. The SMILES string of the molecule is CC=O.CSCCOP(COCCn1cnc2c(=O)[nH]c(N)nc21)OCc1ccccc1. The van der Waals surface area contributed by atoms with Crippen LogP contribution in [0.25, 0.3) is 11.2 Å². The van der Waals surface area contributed by atoms with Crippen molar-refractivity contribution in [2.75, 3.05) is 37.3 Å². The minimum Gasteiger partial charge on any atom is -0.370 e. The van der Waals surface area contributed by atoms with E-state index in [-0.39, 0.29) is 17.0 Å². The zero-order valence-electron chi connectivity index (χ0n) is 18.1. The van der Waals surface area contributed by atoms with E-state index >= 15 is 0 Å². The first kappa shape index (κ1) is 26.0. The third kappa shape index (κ3) is 8.68. The van der Waals surface area contributed by atoms with Crippen molar-refractivity contribution in [1.29, 1.82) is 0 Å². The van der Waals surface area contributed by atoms with Gasteiger partial charge in [0.05, 0.1) is 26.1 Å². The van der Waals surface area contributed by atoms with Crippen molar-refractivity contribution in [1.82, 2.24) is 19.5 Å². The van der Waals surface area contributed by atoms with E-state index in [2.05, 4.69) is 15.0 Å². The number of nitrogens with two attached hydrogens (primary N) is 1. The summed E-state index contributed by atoms with van der Waals surface area (Å²) >= 11 is 1.72. The van der Waals surface area contributed by atoms with E-state index < -0.39 is 8.38 Å². The monoisotopic (exact) mass is 481 g/mol. The number of hydrogen-bond acceptors (Lipinski definition) is 9. The number of aromatic nitrogens is 4. The highest BCUT2D eigenvalue weighted by Gasteiger charge is 2.13. The van der Waals surface area contributed by atoms with Gasteiger partial charge in [0.25, 0.3) is 5.56 Å². The summed E-state index contributed by atoms with van der Waals surface area (Å²) in [6, 6.07) is 9.96. The van der Waals surface area contributed by atoms with E-state index in [0.29, 0.717) is 38.4 Å². The normalized spacial score (nSPS) is 11.7. The fourth-order valence-corrected chi connectivity index (χ4v) is 3.95. The number of aldehydes is 1. The van der Waals surface area contributed by atoms with Gasteiger partial charge in [-0.3, -0.25) is 9.78 Å². The molecule has 10 nitrogen and oxygen atoms in total. The second-order valence-corrected chi connectivity index (χ2v) is 8.68. The number of benzene rings is 1. The van der Waals surface area contributed by atoms with Crippen molar-refractivity contribution in [3.63, 3.8) is 0 Å². The summed E-state index contributed by atoms with van der Waals surface area (Å²) < 4.78 is 19.3. The number of nitrogen functional groups attached to an aromatic ring is 1. The van der Waals surface area contributed by atoms with E-state index in [1.54, 1.807) is 22.7 Å². The molecule has 0 saturated heterocycles. The molecule has 1 atom stereocenters. The maximum Gasteiger partial charge on any atom is 0.280 e. The Morgan fingerprint density at radius 3 is 2.72 bits per heavy atom. The number of anilines is 1. The zero-order valence-corrected chi connectivity index (χ0v) is 19.8. The number of nitrogens with zero attached hydrogens (tertiary/aromatic N) is 3. The van der Waals surface area contributed by atoms with Gasteiger partial charge >= 0.3 is 0 Å². The molecule has 1 aromatic carbocycles. The maximum absolute atomic E-state index is 11.8. The highest BCUT2D eigenvalue weighted by Crippen LogP contribution is 2.39. The number of ether oxygens (including phenoxy) is 1. The molecule has 3 N–H and O–H groups in total.